The lowest BCUT2D eigenvalue weighted by molar-refractivity contribution is 0.0976. The number of thiazole rings is 1. The Bertz CT molecular complexity index is 595. The maximum absolute atomic E-state index is 12.1. The summed E-state index contributed by atoms with van der Waals surface area (Å²) in [6.07, 6.45) is 1.47. The lowest BCUT2D eigenvalue weighted by atomic mass is 10.1. The molecule has 0 saturated heterocycles. The zero-order valence-corrected chi connectivity index (χ0v) is 14.7. The van der Waals surface area contributed by atoms with Crippen LogP contribution in [-0.2, 0) is 6.54 Å². The van der Waals surface area contributed by atoms with Crippen LogP contribution in [-0.4, -0.2) is 29.3 Å². The number of aryl methyl sites for hydroxylation is 1. The van der Waals surface area contributed by atoms with Crippen molar-refractivity contribution in [2.45, 2.75) is 26.3 Å². The van der Waals surface area contributed by atoms with E-state index in [4.69, 9.17) is 0 Å². The first-order valence-electron chi connectivity index (χ1n) is 6.92. The van der Waals surface area contributed by atoms with E-state index < -0.39 is 0 Å². The molecule has 5 heteroatoms. The summed E-state index contributed by atoms with van der Waals surface area (Å²) >= 11 is 5.07. The van der Waals surface area contributed by atoms with E-state index in [0.29, 0.717) is 6.42 Å². The summed E-state index contributed by atoms with van der Waals surface area (Å²) < 4.78 is 0.999. The minimum absolute atomic E-state index is 0.213. The van der Waals surface area contributed by atoms with Crippen molar-refractivity contribution < 1.29 is 4.79 Å². The third kappa shape index (κ3) is 5.02. The van der Waals surface area contributed by atoms with Crippen molar-refractivity contribution in [1.29, 1.82) is 0 Å². The predicted octanol–water partition coefficient (Wildman–Crippen LogP) is 4.31. The molecular weight excluding hydrogens is 348 g/mol. The highest BCUT2D eigenvalue weighted by Crippen LogP contribution is 2.15. The van der Waals surface area contributed by atoms with Gasteiger partial charge in [0.2, 0.25) is 0 Å². The topological polar surface area (TPSA) is 33.2 Å². The fourth-order valence-electron chi connectivity index (χ4n) is 2.09. The standard InChI is InChI=1S/C16H19BrN2OS/c1-12-16(21-11-18-12)10-19(2)9-3-4-15(20)13-5-7-14(17)8-6-13/h5-8,11H,3-4,9-10H2,1-2H3. The van der Waals surface area contributed by atoms with Crippen LogP contribution in [0.1, 0.15) is 33.8 Å². The van der Waals surface area contributed by atoms with Crippen LogP contribution < -0.4 is 0 Å². The molecule has 21 heavy (non-hydrogen) atoms. The monoisotopic (exact) mass is 366 g/mol. The second-order valence-electron chi connectivity index (χ2n) is 5.13. The minimum atomic E-state index is 0.213. The maximum Gasteiger partial charge on any atom is 0.162 e. The maximum atomic E-state index is 12.1. The average molecular weight is 367 g/mol. The van der Waals surface area contributed by atoms with Crippen LogP contribution in [0.4, 0.5) is 0 Å². The summed E-state index contributed by atoms with van der Waals surface area (Å²) in [5.41, 5.74) is 3.78. The first kappa shape index (κ1) is 16.3. The van der Waals surface area contributed by atoms with Crippen LogP contribution in [0.2, 0.25) is 0 Å². The van der Waals surface area contributed by atoms with Crippen molar-refractivity contribution in [3.8, 4) is 0 Å². The number of aromatic nitrogens is 1. The number of ketones is 1. The lowest BCUT2D eigenvalue weighted by Crippen LogP contribution is -2.19. The third-order valence-corrected chi connectivity index (χ3v) is 4.82. The Morgan fingerprint density at radius 2 is 2.05 bits per heavy atom. The Morgan fingerprint density at radius 1 is 1.33 bits per heavy atom. The minimum Gasteiger partial charge on any atom is -0.301 e. The number of carbonyl (C=O) groups is 1. The van der Waals surface area contributed by atoms with Gasteiger partial charge in [-0.2, -0.15) is 0 Å². The second-order valence-corrected chi connectivity index (χ2v) is 6.99. The zero-order valence-electron chi connectivity index (χ0n) is 12.3. The molecule has 112 valence electrons. The summed E-state index contributed by atoms with van der Waals surface area (Å²) in [6.45, 7) is 3.86. The largest absolute Gasteiger partial charge is 0.301 e. The quantitative estimate of drug-likeness (QED) is 0.684. The van der Waals surface area contributed by atoms with Gasteiger partial charge in [0, 0.05) is 27.9 Å². The van der Waals surface area contributed by atoms with E-state index in [2.05, 4.69) is 32.9 Å². The van der Waals surface area contributed by atoms with Crippen molar-refractivity contribution >= 4 is 33.0 Å². The van der Waals surface area contributed by atoms with E-state index in [1.165, 1.54) is 4.88 Å². The Kier molecular flexibility index (Phi) is 6.08. The fraction of sp³-hybridized carbons (Fsp3) is 0.375. The molecule has 3 nitrogen and oxygen atoms in total. The third-order valence-electron chi connectivity index (χ3n) is 3.37. The van der Waals surface area contributed by atoms with E-state index >= 15 is 0 Å². The second kappa shape index (κ2) is 7.82. The van der Waals surface area contributed by atoms with Crippen LogP contribution in [0, 0.1) is 6.92 Å². The molecule has 0 saturated carbocycles. The van der Waals surface area contributed by atoms with Crippen molar-refractivity contribution in [2.24, 2.45) is 0 Å². The SMILES string of the molecule is Cc1ncsc1CN(C)CCCC(=O)c1ccc(Br)cc1. The normalized spacial score (nSPS) is 11.0. The van der Waals surface area contributed by atoms with Crippen LogP contribution >= 0.6 is 27.3 Å². The summed E-state index contributed by atoms with van der Waals surface area (Å²) in [6, 6.07) is 7.56. The van der Waals surface area contributed by atoms with Gasteiger partial charge in [-0.25, -0.2) is 4.98 Å². The van der Waals surface area contributed by atoms with Gasteiger partial charge >= 0.3 is 0 Å². The number of carbonyl (C=O) groups excluding carboxylic acids is 1. The number of hydrogen-bond donors (Lipinski definition) is 0. The molecule has 2 aromatic rings. The molecule has 0 amide bonds. The molecule has 1 aromatic carbocycles. The molecule has 0 radical (unpaired) electrons. The summed E-state index contributed by atoms with van der Waals surface area (Å²) in [7, 11) is 2.09. The van der Waals surface area contributed by atoms with Crippen LogP contribution in [0.3, 0.4) is 0 Å². The molecule has 0 aliphatic rings. The van der Waals surface area contributed by atoms with Gasteiger partial charge in [0.15, 0.2) is 5.78 Å². The average Bonchev–Trinajstić information content (AvgIpc) is 2.85. The smallest absolute Gasteiger partial charge is 0.162 e. The van der Waals surface area contributed by atoms with Gasteiger partial charge in [0.25, 0.3) is 0 Å². The molecule has 1 heterocycles. The van der Waals surface area contributed by atoms with E-state index in [-0.39, 0.29) is 5.78 Å². The summed E-state index contributed by atoms with van der Waals surface area (Å²) in [5.74, 6) is 0.213. The number of rotatable bonds is 7. The number of Topliss-reactive ketones (excluding diaryl/α,β-unsaturated/α-hetero) is 1. The molecule has 0 aliphatic carbocycles. The van der Waals surface area contributed by atoms with Crippen LogP contribution in [0.5, 0.6) is 0 Å². The van der Waals surface area contributed by atoms with E-state index in [9.17, 15) is 4.79 Å². The number of halogens is 1. The van der Waals surface area contributed by atoms with Gasteiger partial charge < -0.3 is 4.90 Å². The molecular formula is C16H19BrN2OS. The molecule has 0 aliphatic heterocycles. The van der Waals surface area contributed by atoms with Gasteiger partial charge in [0.05, 0.1) is 11.2 Å². The first-order chi connectivity index (χ1) is 10.1. The summed E-state index contributed by atoms with van der Waals surface area (Å²) in [5, 5.41) is 0. The number of benzene rings is 1. The van der Waals surface area contributed by atoms with Gasteiger partial charge in [-0.3, -0.25) is 4.79 Å². The Morgan fingerprint density at radius 3 is 2.67 bits per heavy atom. The zero-order chi connectivity index (χ0) is 15.2. The predicted molar refractivity (Wildman–Crippen MR) is 90.9 cm³/mol. The molecule has 2 rings (SSSR count). The molecule has 0 bridgehead atoms. The van der Waals surface area contributed by atoms with Gasteiger partial charge in [-0.1, -0.05) is 28.1 Å². The highest BCUT2D eigenvalue weighted by atomic mass is 79.9. The molecule has 0 unspecified atom stereocenters. The number of hydrogen-bond acceptors (Lipinski definition) is 4. The number of nitrogens with zero attached hydrogens (tertiary/aromatic N) is 2. The lowest BCUT2D eigenvalue weighted by Gasteiger charge is -2.15. The Balaban J connectivity index is 1.75. The van der Waals surface area contributed by atoms with Gasteiger partial charge in [-0.15, -0.1) is 11.3 Å². The van der Waals surface area contributed by atoms with Gasteiger partial charge in [-0.05, 0) is 39.1 Å². The van der Waals surface area contributed by atoms with Crippen LogP contribution in [0.15, 0.2) is 34.2 Å². The van der Waals surface area contributed by atoms with Crippen molar-refractivity contribution in [3.05, 3.63) is 50.4 Å². The fourth-order valence-corrected chi connectivity index (χ4v) is 3.21. The highest BCUT2D eigenvalue weighted by molar-refractivity contribution is 9.10. The van der Waals surface area contributed by atoms with Crippen molar-refractivity contribution in [2.75, 3.05) is 13.6 Å². The Labute approximate surface area is 138 Å². The van der Waals surface area contributed by atoms with Crippen LogP contribution in [0.25, 0.3) is 0 Å². The highest BCUT2D eigenvalue weighted by Gasteiger charge is 2.08. The van der Waals surface area contributed by atoms with Crippen molar-refractivity contribution in [1.82, 2.24) is 9.88 Å². The van der Waals surface area contributed by atoms with Gasteiger partial charge in [0.1, 0.15) is 0 Å². The molecule has 1 aromatic heterocycles. The molecule has 0 N–H and O–H groups in total. The molecule has 0 spiro atoms. The van der Waals surface area contributed by atoms with Crippen molar-refractivity contribution in [3.63, 3.8) is 0 Å². The van der Waals surface area contributed by atoms with E-state index in [1.54, 1.807) is 11.3 Å². The molecule has 0 fully saturated rings. The van der Waals surface area contributed by atoms with E-state index in [1.807, 2.05) is 36.7 Å². The summed E-state index contributed by atoms with van der Waals surface area (Å²) in [4.78, 5) is 19.9. The molecule has 0 atom stereocenters. The Hall–Kier alpha value is -1.04. The first-order valence-corrected chi connectivity index (χ1v) is 8.60. The van der Waals surface area contributed by atoms with E-state index in [0.717, 1.165) is 35.2 Å².